The molecule has 2 aromatic rings. The largest absolute Gasteiger partial charge is 0.433 e. The third kappa shape index (κ3) is 3.35. The Kier molecular flexibility index (Phi) is 4.72. The van der Waals surface area contributed by atoms with Gasteiger partial charge in [0.15, 0.2) is 0 Å². The van der Waals surface area contributed by atoms with Crippen molar-refractivity contribution in [3.8, 4) is 11.6 Å². The molecule has 1 aromatic heterocycles. The molecule has 1 aromatic carbocycles. The molecule has 0 radical (unpaired) electrons. The maximum Gasteiger partial charge on any atom is 0.331 e. The van der Waals surface area contributed by atoms with E-state index in [1.165, 1.54) is 6.07 Å². The van der Waals surface area contributed by atoms with Crippen LogP contribution in [0.3, 0.4) is 0 Å². The van der Waals surface area contributed by atoms with Crippen LogP contribution < -0.4 is 10.1 Å². The summed E-state index contributed by atoms with van der Waals surface area (Å²) in [4.78, 5) is 14.7. The molecule has 0 aliphatic carbocycles. The fraction of sp³-hybridized carbons (Fsp3) is 0.154. The van der Waals surface area contributed by atoms with Gasteiger partial charge in [-0.15, -0.1) is 0 Å². The summed E-state index contributed by atoms with van der Waals surface area (Å²) in [6.45, 7) is 2.59. The molecule has 0 saturated carbocycles. The molecular weight excluding hydrogens is 373 g/mol. The Bertz CT molecular complexity index is 634. The average molecular weight is 385 g/mol. The van der Waals surface area contributed by atoms with E-state index in [1.54, 1.807) is 18.2 Å². The highest BCUT2D eigenvalue weighted by atomic mass is 127. The predicted molar refractivity (Wildman–Crippen MR) is 84.3 cm³/mol. The number of hydrogen-bond acceptors (Lipinski definition) is 5. The molecule has 1 heterocycles. The smallest absolute Gasteiger partial charge is 0.331 e. The van der Waals surface area contributed by atoms with E-state index in [1.807, 2.05) is 19.1 Å². The van der Waals surface area contributed by atoms with E-state index in [4.69, 9.17) is 4.74 Å². The van der Waals surface area contributed by atoms with Gasteiger partial charge in [-0.3, -0.25) is 10.1 Å². The molecule has 0 aliphatic heterocycles. The van der Waals surface area contributed by atoms with Crippen LogP contribution in [0.15, 0.2) is 36.4 Å². The van der Waals surface area contributed by atoms with Crippen molar-refractivity contribution in [1.29, 1.82) is 0 Å². The molecule has 0 aliphatic rings. The second-order valence-corrected chi connectivity index (χ2v) is 5.00. The lowest BCUT2D eigenvalue weighted by Gasteiger charge is -2.09. The maximum absolute atomic E-state index is 11.0. The number of halogens is 1. The van der Waals surface area contributed by atoms with E-state index >= 15 is 0 Å². The van der Waals surface area contributed by atoms with Crippen molar-refractivity contribution in [2.24, 2.45) is 0 Å². The lowest BCUT2D eigenvalue weighted by atomic mass is 10.3. The molecule has 0 bridgehead atoms. The van der Waals surface area contributed by atoms with Gasteiger partial charge in [-0.2, -0.15) is 4.98 Å². The molecule has 1 N–H and O–H groups in total. The molecule has 6 nitrogen and oxygen atoms in total. The minimum Gasteiger partial charge on any atom is -0.433 e. The summed E-state index contributed by atoms with van der Waals surface area (Å²) < 4.78 is 6.44. The Morgan fingerprint density at radius 2 is 2.10 bits per heavy atom. The molecule has 0 amide bonds. The number of aromatic nitrogens is 1. The molecule has 0 saturated heterocycles. The highest BCUT2D eigenvalue weighted by Crippen LogP contribution is 2.32. The van der Waals surface area contributed by atoms with Crippen molar-refractivity contribution in [2.75, 3.05) is 11.9 Å². The van der Waals surface area contributed by atoms with Crippen molar-refractivity contribution in [3.63, 3.8) is 0 Å². The van der Waals surface area contributed by atoms with Crippen LogP contribution in [-0.4, -0.2) is 16.5 Å². The van der Waals surface area contributed by atoms with E-state index in [2.05, 4.69) is 32.9 Å². The summed E-state index contributed by atoms with van der Waals surface area (Å²) in [5.74, 6) is 1.06. The number of pyridine rings is 1. The Morgan fingerprint density at radius 1 is 1.35 bits per heavy atom. The van der Waals surface area contributed by atoms with E-state index in [0.717, 1.165) is 3.57 Å². The first-order valence-corrected chi connectivity index (χ1v) is 7.01. The van der Waals surface area contributed by atoms with Crippen LogP contribution >= 0.6 is 22.6 Å². The van der Waals surface area contributed by atoms with Gasteiger partial charge in [0.2, 0.25) is 0 Å². The van der Waals surface area contributed by atoms with E-state index in [0.29, 0.717) is 18.1 Å². The number of nitrogens with one attached hydrogen (secondary N) is 1. The number of nitro groups is 1. The fourth-order valence-corrected chi connectivity index (χ4v) is 2.06. The standard InChI is InChI=1S/C13H12IN3O3/c1-2-15-12-8-7-10(17(18)19)13(16-12)20-11-6-4-3-5-9(11)14/h3-8H,2H2,1H3,(H,15,16). The molecule has 0 spiro atoms. The van der Waals surface area contributed by atoms with Crippen LogP contribution in [0.4, 0.5) is 11.5 Å². The number of hydrogen-bond donors (Lipinski definition) is 1. The summed E-state index contributed by atoms with van der Waals surface area (Å²) >= 11 is 2.10. The zero-order chi connectivity index (χ0) is 14.5. The summed E-state index contributed by atoms with van der Waals surface area (Å²) in [5, 5.41) is 14.0. The Labute approximate surface area is 129 Å². The summed E-state index contributed by atoms with van der Waals surface area (Å²) in [7, 11) is 0. The number of benzene rings is 1. The number of ether oxygens (including phenoxy) is 1. The fourth-order valence-electron chi connectivity index (χ4n) is 1.56. The average Bonchev–Trinajstić information content (AvgIpc) is 2.42. The van der Waals surface area contributed by atoms with Crippen LogP contribution in [0.2, 0.25) is 0 Å². The Morgan fingerprint density at radius 3 is 2.75 bits per heavy atom. The molecule has 7 heteroatoms. The molecule has 20 heavy (non-hydrogen) atoms. The van der Waals surface area contributed by atoms with E-state index in [-0.39, 0.29) is 11.6 Å². The minimum atomic E-state index is -0.506. The van der Waals surface area contributed by atoms with Crippen LogP contribution in [0.1, 0.15) is 6.92 Å². The normalized spacial score (nSPS) is 10.1. The van der Waals surface area contributed by atoms with Crippen LogP contribution in [0, 0.1) is 13.7 Å². The lowest BCUT2D eigenvalue weighted by molar-refractivity contribution is -0.386. The van der Waals surface area contributed by atoms with Crippen LogP contribution in [-0.2, 0) is 0 Å². The van der Waals surface area contributed by atoms with Crippen molar-refractivity contribution in [2.45, 2.75) is 6.92 Å². The van der Waals surface area contributed by atoms with Gasteiger partial charge in [0, 0.05) is 12.6 Å². The van der Waals surface area contributed by atoms with Crippen LogP contribution in [0.5, 0.6) is 11.6 Å². The predicted octanol–water partition coefficient (Wildman–Crippen LogP) is 3.82. The van der Waals surface area contributed by atoms with Crippen molar-refractivity contribution < 1.29 is 9.66 Å². The minimum absolute atomic E-state index is 0.0161. The second kappa shape index (κ2) is 6.51. The van der Waals surface area contributed by atoms with Gasteiger partial charge in [0.25, 0.3) is 0 Å². The van der Waals surface area contributed by atoms with E-state index in [9.17, 15) is 10.1 Å². The third-order valence-corrected chi connectivity index (χ3v) is 3.33. The van der Waals surface area contributed by atoms with Gasteiger partial charge < -0.3 is 10.1 Å². The highest BCUT2D eigenvalue weighted by Gasteiger charge is 2.19. The molecule has 0 unspecified atom stereocenters. The number of nitrogens with zero attached hydrogens (tertiary/aromatic N) is 2. The SMILES string of the molecule is CCNc1ccc([N+](=O)[O-])c(Oc2ccccc2I)n1. The van der Waals surface area contributed by atoms with Crippen molar-refractivity contribution >= 4 is 34.1 Å². The zero-order valence-corrected chi connectivity index (χ0v) is 12.8. The van der Waals surface area contributed by atoms with Crippen molar-refractivity contribution in [3.05, 3.63) is 50.1 Å². The molecular formula is C13H12IN3O3. The first-order chi connectivity index (χ1) is 9.61. The van der Waals surface area contributed by atoms with Crippen LogP contribution in [0.25, 0.3) is 0 Å². The topological polar surface area (TPSA) is 77.3 Å². The number of rotatable bonds is 5. The molecule has 2 rings (SSSR count). The summed E-state index contributed by atoms with van der Waals surface area (Å²) in [5.41, 5.74) is -0.161. The Hall–Kier alpha value is -1.90. The maximum atomic E-state index is 11.0. The van der Waals surface area contributed by atoms with Gasteiger partial charge in [-0.1, -0.05) is 12.1 Å². The third-order valence-electron chi connectivity index (χ3n) is 2.44. The first kappa shape index (κ1) is 14.5. The van der Waals surface area contributed by atoms with Gasteiger partial charge in [-0.05, 0) is 47.7 Å². The number of anilines is 1. The van der Waals surface area contributed by atoms with Gasteiger partial charge >= 0.3 is 11.6 Å². The molecule has 104 valence electrons. The van der Waals surface area contributed by atoms with Gasteiger partial charge in [0.1, 0.15) is 11.6 Å². The van der Waals surface area contributed by atoms with Gasteiger partial charge in [0.05, 0.1) is 8.49 Å². The second-order valence-electron chi connectivity index (χ2n) is 3.84. The quantitative estimate of drug-likeness (QED) is 0.481. The molecule has 0 atom stereocenters. The lowest BCUT2D eigenvalue weighted by Crippen LogP contribution is -2.02. The van der Waals surface area contributed by atoms with Crippen molar-refractivity contribution in [1.82, 2.24) is 4.98 Å². The Balaban J connectivity index is 2.40. The monoisotopic (exact) mass is 385 g/mol. The first-order valence-electron chi connectivity index (χ1n) is 5.93. The van der Waals surface area contributed by atoms with E-state index < -0.39 is 4.92 Å². The zero-order valence-electron chi connectivity index (χ0n) is 10.7. The summed E-state index contributed by atoms with van der Waals surface area (Å²) in [6.07, 6.45) is 0. The number of para-hydroxylation sites is 1. The van der Waals surface area contributed by atoms with Gasteiger partial charge in [-0.25, -0.2) is 0 Å². The molecule has 0 fully saturated rings. The highest BCUT2D eigenvalue weighted by molar-refractivity contribution is 14.1. The summed E-state index contributed by atoms with van der Waals surface area (Å²) in [6, 6.07) is 10.2.